The number of benzene rings is 1. The average molecular weight is 324 g/mol. The highest BCUT2D eigenvalue weighted by atomic mass is 79.9. The van der Waals surface area contributed by atoms with Crippen molar-refractivity contribution in [2.45, 2.75) is 6.92 Å². The van der Waals surface area contributed by atoms with E-state index >= 15 is 0 Å². The molecule has 0 fully saturated rings. The second kappa shape index (κ2) is 5.23. The Bertz CT molecular complexity index is 748. The van der Waals surface area contributed by atoms with Gasteiger partial charge in [0.05, 0.1) is 0 Å². The van der Waals surface area contributed by atoms with Crippen molar-refractivity contribution < 1.29 is 4.79 Å². The highest BCUT2D eigenvalue weighted by Crippen LogP contribution is 2.23. The van der Waals surface area contributed by atoms with Crippen molar-refractivity contribution in [1.82, 2.24) is 9.97 Å². The summed E-state index contributed by atoms with van der Waals surface area (Å²) in [6.45, 7) is 1.83. The molecule has 1 aromatic heterocycles. The monoisotopic (exact) mass is 323 g/mol. The summed E-state index contributed by atoms with van der Waals surface area (Å²) in [4.78, 5) is 38.5. The van der Waals surface area contributed by atoms with Crippen LogP contribution in [-0.2, 0) is 0 Å². The van der Waals surface area contributed by atoms with Gasteiger partial charge in [-0.1, -0.05) is 22.0 Å². The van der Waals surface area contributed by atoms with Gasteiger partial charge in [-0.15, -0.1) is 0 Å². The zero-order chi connectivity index (χ0) is 14.0. The Balaban J connectivity index is 2.34. The minimum Gasteiger partial charge on any atom is -0.321 e. The summed E-state index contributed by atoms with van der Waals surface area (Å²) in [7, 11) is 0. The van der Waals surface area contributed by atoms with Crippen LogP contribution in [-0.4, -0.2) is 15.9 Å². The molecule has 0 aliphatic rings. The molecule has 0 aliphatic carbocycles. The zero-order valence-electron chi connectivity index (χ0n) is 9.91. The van der Waals surface area contributed by atoms with Gasteiger partial charge in [0.25, 0.3) is 11.5 Å². The minimum atomic E-state index is -0.728. The summed E-state index contributed by atoms with van der Waals surface area (Å²) in [5, 5.41) is 2.62. The highest BCUT2D eigenvalue weighted by molar-refractivity contribution is 9.10. The van der Waals surface area contributed by atoms with E-state index in [9.17, 15) is 14.4 Å². The third-order valence-electron chi connectivity index (χ3n) is 2.58. The van der Waals surface area contributed by atoms with Gasteiger partial charge in [0.15, 0.2) is 0 Å². The molecule has 0 bridgehead atoms. The predicted molar refractivity (Wildman–Crippen MR) is 74.5 cm³/mol. The number of hydrogen-bond acceptors (Lipinski definition) is 3. The van der Waals surface area contributed by atoms with Gasteiger partial charge in [-0.25, -0.2) is 4.79 Å². The zero-order valence-corrected chi connectivity index (χ0v) is 11.5. The van der Waals surface area contributed by atoms with E-state index in [1.54, 1.807) is 12.1 Å². The number of rotatable bonds is 2. The Kier molecular flexibility index (Phi) is 3.66. The summed E-state index contributed by atoms with van der Waals surface area (Å²) in [5.74, 6) is -0.585. The lowest BCUT2D eigenvalue weighted by atomic mass is 10.2. The van der Waals surface area contributed by atoms with Crippen molar-refractivity contribution in [3.8, 4) is 0 Å². The van der Waals surface area contributed by atoms with Crippen molar-refractivity contribution in [2.75, 3.05) is 5.32 Å². The summed E-state index contributed by atoms with van der Waals surface area (Å²) >= 11 is 3.35. The van der Waals surface area contributed by atoms with E-state index in [1.807, 2.05) is 18.0 Å². The molecular weight excluding hydrogens is 314 g/mol. The molecule has 0 saturated heterocycles. The Hall–Kier alpha value is -2.15. The van der Waals surface area contributed by atoms with E-state index < -0.39 is 17.2 Å². The fourth-order valence-electron chi connectivity index (χ4n) is 1.51. The van der Waals surface area contributed by atoms with Gasteiger partial charge >= 0.3 is 5.69 Å². The lowest BCUT2D eigenvalue weighted by Crippen LogP contribution is -2.29. The molecule has 1 heterocycles. The van der Waals surface area contributed by atoms with Crippen LogP contribution in [0.5, 0.6) is 0 Å². The fourth-order valence-corrected chi connectivity index (χ4v) is 1.88. The number of aromatic amines is 2. The summed E-state index contributed by atoms with van der Waals surface area (Å²) in [6.07, 6.45) is 1.09. The van der Waals surface area contributed by atoms with E-state index in [0.717, 1.165) is 16.2 Å². The second-order valence-corrected chi connectivity index (χ2v) is 4.71. The van der Waals surface area contributed by atoms with Crippen LogP contribution < -0.4 is 16.6 Å². The van der Waals surface area contributed by atoms with Crippen molar-refractivity contribution in [3.63, 3.8) is 0 Å². The molecule has 0 radical (unpaired) electrons. The molecule has 0 unspecified atom stereocenters. The molecule has 3 N–H and O–H groups in total. The predicted octanol–water partition coefficient (Wildman–Crippen LogP) is 1.39. The third-order valence-corrected chi connectivity index (χ3v) is 3.44. The van der Waals surface area contributed by atoms with Crippen LogP contribution in [0.3, 0.4) is 0 Å². The summed E-state index contributed by atoms with van der Waals surface area (Å²) in [6, 6.07) is 5.33. The first-order valence-corrected chi connectivity index (χ1v) is 6.17. The van der Waals surface area contributed by atoms with Crippen LogP contribution in [0.25, 0.3) is 0 Å². The molecular formula is C12H10BrN3O3. The van der Waals surface area contributed by atoms with Gasteiger partial charge in [0.1, 0.15) is 5.56 Å². The Morgan fingerprint density at radius 2 is 2.05 bits per heavy atom. The minimum absolute atomic E-state index is 0.154. The quantitative estimate of drug-likeness (QED) is 0.779. The number of carbonyl (C=O) groups is 1. The maximum atomic E-state index is 11.9. The first kappa shape index (κ1) is 13.3. The van der Waals surface area contributed by atoms with E-state index in [-0.39, 0.29) is 5.56 Å². The van der Waals surface area contributed by atoms with Crippen molar-refractivity contribution in [1.29, 1.82) is 0 Å². The van der Waals surface area contributed by atoms with Gasteiger partial charge in [-0.05, 0) is 24.6 Å². The molecule has 0 aliphatic heterocycles. The molecule has 1 amide bonds. The lowest BCUT2D eigenvalue weighted by Gasteiger charge is -2.08. The highest BCUT2D eigenvalue weighted by Gasteiger charge is 2.12. The van der Waals surface area contributed by atoms with Gasteiger partial charge in [-0.2, -0.15) is 0 Å². The Morgan fingerprint density at radius 1 is 1.32 bits per heavy atom. The molecule has 0 saturated carbocycles. The lowest BCUT2D eigenvalue weighted by molar-refractivity contribution is 0.102. The third kappa shape index (κ3) is 2.82. The maximum Gasteiger partial charge on any atom is 0.325 e. The van der Waals surface area contributed by atoms with E-state index in [4.69, 9.17) is 0 Å². The standard InChI is InChI=1S/C12H10BrN3O3/c1-6-8(13)3-2-4-9(6)15-10(17)7-5-14-12(19)16-11(7)18/h2-5H,1H3,(H,15,17)(H2,14,16,18,19). The SMILES string of the molecule is Cc1c(Br)cccc1NC(=O)c1c[nH]c(=O)[nH]c1=O. The van der Waals surface area contributed by atoms with E-state index in [2.05, 4.69) is 26.2 Å². The van der Waals surface area contributed by atoms with Crippen molar-refractivity contribution in [3.05, 3.63) is 60.8 Å². The second-order valence-electron chi connectivity index (χ2n) is 3.85. The topological polar surface area (TPSA) is 94.8 Å². The van der Waals surface area contributed by atoms with Crippen LogP contribution in [0, 0.1) is 6.92 Å². The first-order chi connectivity index (χ1) is 8.99. The van der Waals surface area contributed by atoms with E-state index in [0.29, 0.717) is 5.69 Å². The van der Waals surface area contributed by atoms with Crippen LogP contribution in [0.15, 0.2) is 38.5 Å². The normalized spacial score (nSPS) is 10.2. The molecule has 2 rings (SSSR count). The average Bonchev–Trinajstić information content (AvgIpc) is 2.34. The number of carbonyl (C=O) groups excluding carboxylic acids is 1. The van der Waals surface area contributed by atoms with Crippen LogP contribution in [0.1, 0.15) is 15.9 Å². The molecule has 6 nitrogen and oxygen atoms in total. The fraction of sp³-hybridized carbons (Fsp3) is 0.0833. The summed E-state index contributed by atoms with van der Waals surface area (Å²) in [5.41, 5.74) is -0.102. The molecule has 1 aromatic carbocycles. The van der Waals surface area contributed by atoms with Crippen LogP contribution >= 0.6 is 15.9 Å². The van der Waals surface area contributed by atoms with Gasteiger partial charge in [0.2, 0.25) is 0 Å². The number of amides is 1. The number of aromatic nitrogens is 2. The van der Waals surface area contributed by atoms with Crippen LogP contribution in [0.4, 0.5) is 5.69 Å². The maximum absolute atomic E-state index is 11.9. The number of halogens is 1. The van der Waals surface area contributed by atoms with Crippen molar-refractivity contribution >= 4 is 27.5 Å². The number of anilines is 1. The van der Waals surface area contributed by atoms with Gasteiger partial charge in [0, 0.05) is 16.4 Å². The molecule has 0 atom stereocenters. The number of hydrogen-bond donors (Lipinski definition) is 3. The van der Waals surface area contributed by atoms with E-state index in [1.165, 1.54) is 0 Å². The Morgan fingerprint density at radius 3 is 2.74 bits per heavy atom. The molecule has 2 aromatic rings. The first-order valence-electron chi connectivity index (χ1n) is 5.37. The Labute approximate surface area is 116 Å². The molecule has 19 heavy (non-hydrogen) atoms. The number of nitrogens with one attached hydrogen (secondary N) is 3. The molecule has 7 heteroatoms. The van der Waals surface area contributed by atoms with Gasteiger partial charge in [-0.3, -0.25) is 14.6 Å². The molecule has 0 spiro atoms. The van der Waals surface area contributed by atoms with Gasteiger partial charge < -0.3 is 10.3 Å². The largest absolute Gasteiger partial charge is 0.325 e. The smallest absolute Gasteiger partial charge is 0.321 e. The van der Waals surface area contributed by atoms with Crippen LogP contribution in [0.2, 0.25) is 0 Å². The summed E-state index contributed by atoms with van der Waals surface area (Å²) < 4.78 is 0.848. The molecule has 98 valence electrons. The number of H-pyrrole nitrogens is 2. The van der Waals surface area contributed by atoms with Crippen molar-refractivity contribution in [2.24, 2.45) is 0 Å².